The van der Waals surface area contributed by atoms with E-state index in [1.807, 2.05) is 0 Å². The lowest BCUT2D eigenvalue weighted by molar-refractivity contribution is 0.0610. The molecule has 0 saturated heterocycles. The average molecular weight is 207 g/mol. The van der Waals surface area contributed by atoms with Crippen molar-refractivity contribution in [3.05, 3.63) is 21.3 Å². The maximum Gasteiger partial charge on any atom is 0.110 e. The number of hydrazine groups is 1. The molecule has 0 aliphatic heterocycles. The van der Waals surface area contributed by atoms with E-state index >= 15 is 0 Å². The Hall–Kier alpha value is -0.130. The van der Waals surface area contributed by atoms with Gasteiger partial charge in [-0.15, -0.1) is 11.3 Å². The number of halogens is 1. The summed E-state index contributed by atoms with van der Waals surface area (Å²) in [7, 11) is 0. The van der Waals surface area contributed by atoms with Crippen molar-refractivity contribution < 1.29 is 5.11 Å². The molecule has 1 aromatic heterocycles. The summed E-state index contributed by atoms with van der Waals surface area (Å²) in [6.07, 6.45) is 0. The van der Waals surface area contributed by atoms with E-state index in [0.29, 0.717) is 10.9 Å². The van der Waals surface area contributed by atoms with Crippen LogP contribution in [0.5, 0.6) is 0 Å². The summed E-state index contributed by atoms with van der Waals surface area (Å²) < 4.78 is 0.669. The van der Waals surface area contributed by atoms with Crippen LogP contribution in [0.15, 0.2) is 12.1 Å². The quantitative estimate of drug-likeness (QED) is 0.512. The summed E-state index contributed by atoms with van der Waals surface area (Å²) in [5.74, 6) is 5.12. The Morgan fingerprint density at radius 1 is 1.75 bits per heavy atom. The fraction of sp³-hybridized carbons (Fsp3) is 0.429. The second-order valence-electron chi connectivity index (χ2n) is 2.76. The van der Waals surface area contributed by atoms with E-state index in [0.717, 1.165) is 4.88 Å². The van der Waals surface area contributed by atoms with Crippen molar-refractivity contribution in [2.75, 3.05) is 6.54 Å². The average Bonchev–Trinajstić information content (AvgIpc) is 2.36. The van der Waals surface area contributed by atoms with Gasteiger partial charge in [-0.2, -0.15) is 0 Å². The van der Waals surface area contributed by atoms with Crippen LogP contribution in [0.4, 0.5) is 0 Å². The molecule has 1 heterocycles. The third-order valence-electron chi connectivity index (χ3n) is 1.55. The number of thiophene rings is 1. The molecule has 0 fully saturated rings. The van der Waals surface area contributed by atoms with Gasteiger partial charge in [0.2, 0.25) is 0 Å². The number of aliphatic hydroxyl groups is 1. The van der Waals surface area contributed by atoms with Crippen molar-refractivity contribution in [1.29, 1.82) is 0 Å². The maximum absolute atomic E-state index is 9.81. The summed E-state index contributed by atoms with van der Waals surface area (Å²) in [5.41, 5.74) is 1.49. The van der Waals surface area contributed by atoms with Crippen molar-refractivity contribution in [2.45, 2.75) is 12.5 Å². The molecule has 12 heavy (non-hydrogen) atoms. The van der Waals surface area contributed by atoms with Crippen molar-refractivity contribution in [3.63, 3.8) is 0 Å². The standard InChI is InChI=1S/C7H11ClN2OS/c1-7(11,4-10-9)5-2-3-6(8)12-5/h2-3,10-11H,4,9H2,1H3. The Morgan fingerprint density at radius 2 is 2.42 bits per heavy atom. The topological polar surface area (TPSA) is 58.3 Å². The van der Waals surface area contributed by atoms with Crippen LogP contribution in [-0.2, 0) is 5.60 Å². The van der Waals surface area contributed by atoms with Gasteiger partial charge in [0.25, 0.3) is 0 Å². The minimum Gasteiger partial charge on any atom is -0.383 e. The largest absolute Gasteiger partial charge is 0.383 e. The SMILES string of the molecule is CC(O)(CNN)c1ccc(Cl)s1. The van der Waals surface area contributed by atoms with E-state index in [4.69, 9.17) is 17.4 Å². The fourth-order valence-corrected chi connectivity index (χ4v) is 1.98. The molecule has 0 amide bonds. The zero-order valence-corrected chi connectivity index (χ0v) is 8.25. The van der Waals surface area contributed by atoms with Gasteiger partial charge in [-0.3, -0.25) is 11.3 Å². The minimum atomic E-state index is -0.938. The van der Waals surface area contributed by atoms with Gasteiger partial charge in [0.05, 0.1) is 4.34 Å². The highest BCUT2D eigenvalue weighted by molar-refractivity contribution is 7.16. The van der Waals surface area contributed by atoms with E-state index in [2.05, 4.69) is 5.43 Å². The Morgan fingerprint density at radius 3 is 2.83 bits per heavy atom. The maximum atomic E-state index is 9.81. The molecular weight excluding hydrogens is 196 g/mol. The van der Waals surface area contributed by atoms with Gasteiger partial charge in [0.15, 0.2) is 0 Å². The Bertz CT molecular complexity index is 262. The zero-order valence-electron chi connectivity index (χ0n) is 6.67. The summed E-state index contributed by atoms with van der Waals surface area (Å²) in [4.78, 5) is 0.811. The molecule has 3 nitrogen and oxygen atoms in total. The Balaban J connectivity index is 2.81. The molecule has 1 rings (SSSR count). The van der Waals surface area contributed by atoms with Crippen LogP contribution in [-0.4, -0.2) is 11.7 Å². The Labute approximate surface area is 80.1 Å². The first kappa shape index (κ1) is 9.95. The molecule has 0 bridgehead atoms. The van der Waals surface area contributed by atoms with Gasteiger partial charge in [0.1, 0.15) is 5.60 Å². The van der Waals surface area contributed by atoms with Gasteiger partial charge in [0, 0.05) is 11.4 Å². The lowest BCUT2D eigenvalue weighted by Crippen LogP contribution is -2.38. The molecule has 5 heteroatoms. The van der Waals surface area contributed by atoms with Crippen LogP contribution in [0.3, 0.4) is 0 Å². The van der Waals surface area contributed by atoms with E-state index in [1.165, 1.54) is 11.3 Å². The zero-order chi connectivity index (χ0) is 9.19. The molecule has 0 spiro atoms. The van der Waals surface area contributed by atoms with Gasteiger partial charge < -0.3 is 5.11 Å². The first-order valence-corrected chi connectivity index (χ1v) is 4.67. The highest BCUT2D eigenvalue weighted by Gasteiger charge is 2.23. The molecule has 1 unspecified atom stereocenters. The summed E-state index contributed by atoms with van der Waals surface area (Å²) in [6.45, 7) is 2.00. The number of nitrogens with two attached hydrogens (primary N) is 1. The normalized spacial score (nSPS) is 16.0. The fourth-order valence-electron chi connectivity index (χ4n) is 0.890. The van der Waals surface area contributed by atoms with Gasteiger partial charge in [-0.05, 0) is 19.1 Å². The lowest BCUT2D eigenvalue weighted by atomic mass is 10.1. The lowest BCUT2D eigenvalue weighted by Gasteiger charge is -2.20. The number of nitrogens with one attached hydrogen (secondary N) is 1. The third-order valence-corrected chi connectivity index (χ3v) is 3.03. The molecule has 0 aliphatic rings. The predicted octanol–water partition coefficient (Wildman–Crippen LogP) is 1.07. The smallest absolute Gasteiger partial charge is 0.110 e. The summed E-state index contributed by atoms with van der Waals surface area (Å²) >= 11 is 7.08. The second kappa shape index (κ2) is 3.72. The van der Waals surface area contributed by atoms with Crippen LogP contribution in [0.25, 0.3) is 0 Å². The molecule has 0 radical (unpaired) electrons. The van der Waals surface area contributed by atoms with E-state index in [9.17, 15) is 5.11 Å². The summed E-state index contributed by atoms with van der Waals surface area (Å²) in [6, 6.07) is 3.55. The van der Waals surface area contributed by atoms with Crippen molar-refractivity contribution in [2.24, 2.45) is 5.84 Å². The van der Waals surface area contributed by atoms with Crippen molar-refractivity contribution in [1.82, 2.24) is 5.43 Å². The number of hydrogen-bond acceptors (Lipinski definition) is 4. The van der Waals surface area contributed by atoms with Crippen molar-refractivity contribution in [3.8, 4) is 0 Å². The van der Waals surface area contributed by atoms with Crippen molar-refractivity contribution >= 4 is 22.9 Å². The van der Waals surface area contributed by atoms with Crippen LogP contribution in [0, 0.1) is 0 Å². The molecule has 68 valence electrons. The van der Waals surface area contributed by atoms with Gasteiger partial charge in [-0.1, -0.05) is 11.6 Å². The first-order chi connectivity index (χ1) is 5.56. The van der Waals surface area contributed by atoms with Crippen LogP contribution in [0.2, 0.25) is 4.34 Å². The third kappa shape index (κ3) is 2.18. The highest BCUT2D eigenvalue weighted by atomic mass is 35.5. The Kier molecular flexibility index (Phi) is 3.09. The molecular formula is C7H11ClN2OS. The number of hydrogen-bond donors (Lipinski definition) is 3. The molecule has 0 aliphatic carbocycles. The molecule has 1 atom stereocenters. The van der Waals surface area contributed by atoms with Crippen LogP contribution >= 0.6 is 22.9 Å². The van der Waals surface area contributed by atoms with Crippen LogP contribution in [0.1, 0.15) is 11.8 Å². The predicted molar refractivity (Wildman–Crippen MR) is 51.1 cm³/mol. The first-order valence-electron chi connectivity index (χ1n) is 3.48. The molecule has 0 aromatic carbocycles. The second-order valence-corrected chi connectivity index (χ2v) is 4.47. The van der Waals surface area contributed by atoms with E-state index in [1.54, 1.807) is 19.1 Å². The van der Waals surface area contributed by atoms with E-state index < -0.39 is 5.60 Å². The molecule has 4 N–H and O–H groups in total. The summed E-state index contributed by atoms with van der Waals surface area (Å²) in [5, 5.41) is 9.81. The number of rotatable bonds is 3. The highest BCUT2D eigenvalue weighted by Crippen LogP contribution is 2.30. The monoisotopic (exact) mass is 206 g/mol. The van der Waals surface area contributed by atoms with Crippen LogP contribution < -0.4 is 11.3 Å². The molecule has 0 saturated carbocycles. The van der Waals surface area contributed by atoms with E-state index in [-0.39, 0.29) is 0 Å². The minimum absolute atomic E-state index is 0.309. The van der Waals surface area contributed by atoms with Gasteiger partial charge in [-0.25, -0.2) is 0 Å². The molecule has 1 aromatic rings. The van der Waals surface area contributed by atoms with Gasteiger partial charge >= 0.3 is 0 Å².